The first kappa shape index (κ1) is 22.4. The molecule has 0 aliphatic rings. The van der Waals surface area contributed by atoms with Gasteiger partial charge in [-0.05, 0) is 44.7 Å². The van der Waals surface area contributed by atoms with E-state index >= 15 is 0 Å². The highest BCUT2D eigenvalue weighted by Crippen LogP contribution is 2.21. The van der Waals surface area contributed by atoms with Crippen molar-refractivity contribution in [1.29, 1.82) is 0 Å². The number of benzene rings is 2. The number of ether oxygens (including phenoxy) is 2. The predicted octanol–water partition coefficient (Wildman–Crippen LogP) is 1.94. The van der Waals surface area contributed by atoms with Gasteiger partial charge in [0, 0.05) is 11.3 Å². The number of sulfonamides is 1. The van der Waals surface area contributed by atoms with E-state index in [-0.39, 0.29) is 17.0 Å². The molecule has 9 heteroatoms. The lowest BCUT2D eigenvalue weighted by molar-refractivity contribution is -0.146. The van der Waals surface area contributed by atoms with Crippen LogP contribution in [0.2, 0.25) is 0 Å². The number of hydrogen-bond donors (Lipinski definition) is 2. The van der Waals surface area contributed by atoms with Crippen molar-refractivity contribution in [2.24, 2.45) is 0 Å². The average Bonchev–Trinajstić information content (AvgIpc) is 2.68. The summed E-state index contributed by atoms with van der Waals surface area (Å²) < 4.78 is 36.5. The zero-order chi connectivity index (χ0) is 21.6. The summed E-state index contributed by atoms with van der Waals surface area (Å²) in [6.07, 6.45) is -0.0345. The summed E-state index contributed by atoms with van der Waals surface area (Å²) in [5.74, 6) is -0.590. The van der Waals surface area contributed by atoms with E-state index in [0.29, 0.717) is 16.9 Å². The maximum absolute atomic E-state index is 12.1. The van der Waals surface area contributed by atoms with E-state index in [1.54, 1.807) is 25.1 Å². The second-order valence-electron chi connectivity index (χ2n) is 6.39. The van der Waals surface area contributed by atoms with Gasteiger partial charge >= 0.3 is 5.97 Å². The van der Waals surface area contributed by atoms with Crippen LogP contribution in [0, 0.1) is 13.8 Å². The molecule has 0 saturated heterocycles. The van der Waals surface area contributed by atoms with Gasteiger partial charge in [-0.15, -0.1) is 0 Å². The summed E-state index contributed by atoms with van der Waals surface area (Å²) in [5, 5.41) is 2.52. The lowest BCUT2D eigenvalue weighted by Crippen LogP contribution is -2.23. The monoisotopic (exact) mass is 420 g/mol. The summed E-state index contributed by atoms with van der Waals surface area (Å²) in [4.78, 5) is 24.2. The summed E-state index contributed by atoms with van der Waals surface area (Å²) in [6, 6.07) is 9.94. The SMILES string of the molecule is CNS(=O)(=O)c1cc(NC(=O)COC(=O)Cc2cc(C)ccc2OC)ccc1C. The van der Waals surface area contributed by atoms with Gasteiger partial charge in [0.1, 0.15) is 5.75 Å². The van der Waals surface area contributed by atoms with Gasteiger partial charge < -0.3 is 14.8 Å². The van der Waals surface area contributed by atoms with Crippen LogP contribution < -0.4 is 14.8 Å². The van der Waals surface area contributed by atoms with Gasteiger partial charge in [0.25, 0.3) is 5.91 Å². The maximum atomic E-state index is 12.1. The van der Waals surface area contributed by atoms with Gasteiger partial charge in [-0.25, -0.2) is 13.1 Å². The molecule has 156 valence electrons. The maximum Gasteiger partial charge on any atom is 0.310 e. The molecule has 1 amide bonds. The summed E-state index contributed by atoms with van der Waals surface area (Å²) >= 11 is 0. The van der Waals surface area contributed by atoms with Crippen LogP contribution in [0.3, 0.4) is 0 Å². The van der Waals surface area contributed by atoms with Gasteiger partial charge in [-0.1, -0.05) is 23.8 Å². The van der Waals surface area contributed by atoms with Crippen LogP contribution in [-0.2, 0) is 30.8 Å². The molecule has 0 spiro atoms. The van der Waals surface area contributed by atoms with Crippen molar-refractivity contribution in [3.05, 3.63) is 53.1 Å². The largest absolute Gasteiger partial charge is 0.496 e. The minimum absolute atomic E-state index is 0.0345. The molecule has 8 nitrogen and oxygen atoms in total. The highest BCUT2D eigenvalue weighted by Gasteiger charge is 2.16. The van der Waals surface area contributed by atoms with Crippen molar-refractivity contribution in [2.75, 3.05) is 26.1 Å². The van der Waals surface area contributed by atoms with Crippen molar-refractivity contribution >= 4 is 27.6 Å². The van der Waals surface area contributed by atoms with Crippen molar-refractivity contribution < 1.29 is 27.5 Å². The predicted molar refractivity (Wildman–Crippen MR) is 108 cm³/mol. The van der Waals surface area contributed by atoms with E-state index in [4.69, 9.17) is 9.47 Å². The molecular weight excluding hydrogens is 396 g/mol. The van der Waals surface area contributed by atoms with Crippen LogP contribution in [0.15, 0.2) is 41.3 Å². The number of esters is 1. The molecule has 0 saturated carbocycles. The fourth-order valence-corrected chi connectivity index (χ4v) is 3.67. The van der Waals surface area contributed by atoms with Crippen LogP contribution in [0.1, 0.15) is 16.7 Å². The zero-order valence-corrected chi connectivity index (χ0v) is 17.6. The number of carbonyl (C=O) groups excluding carboxylic acids is 2. The summed E-state index contributed by atoms with van der Waals surface area (Å²) in [6.45, 7) is 3.05. The number of nitrogens with one attached hydrogen (secondary N) is 2. The number of methoxy groups -OCH3 is 1. The Hall–Kier alpha value is -2.91. The van der Waals surface area contributed by atoms with Crippen molar-refractivity contribution in [1.82, 2.24) is 4.72 Å². The van der Waals surface area contributed by atoms with Crippen LogP contribution in [0.5, 0.6) is 5.75 Å². The second kappa shape index (κ2) is 9.53. The molecule has 0 fully saturated rings. The first-order valence-electron chi connectivity index (χ1n) is 8.79. The van der Waals surface area contributed by atoms with E-state index < -0.39 is 28.5 Å². The summed E-state index contributed by atoms with van der Waals surface area (Å²) in [7, 11) is -0.837. The Balaban J connectivity index is 1.98. The molecule has 0 radical (unpaired) electrons. The first-order valence-corrected chi connectivity index (χ1v) is 10.3. The van der Waals surface area contributed by atoms with E-state index in [0.717, 1.165) is 5.56 Å². The third kappa shape index (κ3) is 6.03. The van der Waals surface area contributed by atoms with E-state index in [1.165, 1.54) is 20.2 Å². The molecule has 0 heterocycles. The molecule has 2 N–H and O–H groups in total. The van der Waals surface area contributed by atoms with Gasteiger partial charge in [0.2, 0.25) is 10.0 Å². The van der Waals surface area contributed by atoms with Gasteiger partial charge in [-0.2, -0.15) is 0 Å². The molecule has 2 aromatic rings. The third-order valence-electron chi connectivity index (χ3n) is 4.17. The lowest BCUT2D eigenvalue weighted by atomic mass is 10.1. The number of aryl methyl sites for hydroxylation is 2. The number of anilines is 1. The fraction of sp³-hybridized carbons (Fsp3) is 0.300. The van der Waals surface area contributed by atoms with Gasteiger partial charge in [0.15, 0.2) is 6.61 Å². The Morgan fingerprint density at radius 2 is 1.79 bits per heavy atom. The highest BCUT2D eigenvalue weighted by atomic mass is 32.2. The quantitative estimate of drug-likeness (QED) is 0.632. The fourth-order valence-electron chi connectivity index (χ4n) is 2.67. The Morgan fingerprint density at radius 3 is 2.45 bits per heavy atom. The zero-order valence-electron chi connectivity index (χ0n) is 16.7. The number of rotatable bonds is 8. The second-order valence-corrected chi connectivity index (χ2v) is 8.24. The standard InChI is InChI=1S/C20H24N2O6S/c1-13-5-8-17(27-4)15(9-13)10-20(24)28-12-19(23)22-16-7-6-14(2)18(11-16)29(25,26)21-3/h5-9,11,21H,10,12H2,1-4H3,(H,22,23). The molecular formula is C20H24N2O6S. The molecule has 0 aliphatic heterocycles. The Labute approximate surface area is 170 Å². The van der Waals surface area contributed by atoms with Crippen LogP contribution >= 0.6 is 0 Å². The van der Waals surface area contributed by atoms with Crippen LogP contribution in [0.4, 0.5) is 5.69 Å². The van der Waals surface area contributed by atoms with Crippen LogP contribution in [-0.4, -0.2) is 41.1 Å². The lowest BCUT2D eigenvalue weighted by Gasteiger charge is -2.11. The Bertz CT molecular complexity index is 1020. The normalized spacial score (nSPS) is 11.0. The number of hydrogen-bond acceptors (Lipinski definition) is 6. The van der Waals surface area contributed by atoms with Crippen LogP contribution in [0.25, 0.3) is 0 Å². The molecule has 0 aromatic heterocycles. The highest BCUT2D eigenvalue weighted by molar-refractivity contribution is 7.89. The Kier molecular flexibility index (Phi) is 7.35. The molecule has 2 rings (SSSR count). The van der Waals surface area contributed by atoms with E-state index in [1.807, 2.05) is 19.1 Å². The minimum Gasteiger partial charge on any atom is -0.496 e. The molecule has 0 unspecified atom stereocenters. The minimum atomic E-state index is -3.66. The molecule has 0 bridgehead atoms. The third-order valence-corrected chi connectivity index (χ3v) is 5.72. The number of carbonyl (C=O) groups is 2. The first-order chi connectivity index (χ1) is 13.7. The van der Waals surface area contributed by atoms with E-state index in [9.17, 15) is 18.0 Å². The summed E-state index contributed by atoms with van der Waals surface area (Å²) in [5.41, 5.74) is 2.46. The van der Waals surface area contributed by atoms with Crippen molar-refractivity contribution in [2.45, 2.75) is 25.2 Å². The molecule has 0 aliphatic carbocycles. The average molecular weight is 420 g/mol. The van der Waals surface area contributed by atoms with Gasteiger partial charge in [0.05, 0.1) is 18.4 Å². The van der Waals surface area contributed by atoms with E-state index in [2.05, 4.69) is 10.0 Å². The molecule has 2 aromatic carbocycles. The van der Waals surface area contributed by atoms with Gasteiger partial charge in [-0.3, -0.25) is 9.59 Å². The number of amides is 1. The molecule has 0 atom stereocenters. The Morgan fingerprint density at radius 1 is 1.07 bits per heavy atom. The van der Waals surface area contributed by atoms with Crippen molar-refractivity contribution in [3.63, 3.8) is 0 Å². The smallest absolute Gasteiger partial charge is 0.310 e. The topological polar surface area (TPSA) is 111 Å². The van der Waals surface area contributed by atoms with Crippen molar-refractivity contribution in [3.8, 4) is 5.75 Å². The molecule has 29 heavy (non-hydrogen) atoms.